The summed E-state index contributed by atoms with van der Waals surface area (Å²) in [5, 5.41) is 27.0. The molecule has 84 valence electrons. The molecule has 0 heterocycles. The van der Waals surface area contributed by atoms with Gasteiger partial charge in [-0.25, -0.2) is 0 Å². The lowest BCUT2D eigenvalue weighted by Gasteiger charge is -2.10. The molecule has 0 aromatic rings. The standard InChI is InChI=1S/C9H18O3S2/c1-2-3-13-6-9(12)7-14-5-8(11)4-10/h2,8-12H,1,3-7H2. The molecule has 5 heteroatoms. The van der Waals surface area contributed by atoms with E-state index in [1.54, 1.807) is 17.8 Å². The van der Waals surface area contributed by atoms with Gasteiger partial charge in [0.05, 0.1) is 18.8 Å². The minimum Gasteiger partial charge on any atom is -0.394 e. The highest BCUT2D eigenvalue weighted by molar-refractivity contribution is 8.00. The minimum absolute atomic E-state index is 0.214. The Bertz CT molecular complexity index is 144. The Hall–Kier alpha value is 0.320. The summed E-state index contributed by atoms with van der Waals surface area (Å²) in [6.07, 6.45) is 0.781. The van der Waals surface area contributed by atoms with Gasteiger partial charge in [0.1, 0.15) is 0 Å². The first-order valence-corrected chi connectivity index (χ1v) is 6.75. The number of aliphatic hydroxyl groups excluding tert-OH is 3. The maximum absolute atomic E-state index is 9.44. The van der Waals surface area contributed by atoms with E-state index in [9.17, 15) is 5.11 Å². The zero-order valence-electron chi connectivity index (χ0n) is 8.13. The quantitative estimate of drug-likeness (QED) is 0.400. The second-order valence-electron chi connectivity index (χ2n) is 2.85. The fraction of sp³-hybridized carbons (Fsp3) is 0.778. The molecule has 0 aromatic carbocycles. The molecule has 0 rings (SSSR count). The van der Waals surface area contributed by atoms with Crippen LogP contribution >= 0.6 is 23.5 Å². The molecular formula is C9H18O3S2. The van der Waals surface area contributed by atoms with E-state index in [1.807, 2.05) is 0 Å². The molecule has 0 saturated heterocycles. The minimum atomic E-state index is -0.673. The molecule has 0 aromatic heterocycles. The van der Waals surface area contributed by atoms with Gasteiger partial charge in [-0.3, -0.25) is 0 Å². The van der Waals surface area contributed by atoms with Crippen LogP contribution in [0.4, 0.5) is 0 Å². The Balaban J connectivity index is 3.25. The van der Waals surface area contributed by atoms with Gasteiger partial charge in [0.2, 0.25) is 0 Å². The van der Waals surface area contributed by atoms with E-state index in [0.29, 0.717) is 17.3 Å². The normalized spacial score (nSPS) is 15.1. The van der Waals surface area contributed by atoms with Crippen LogP contribution in [0.15, 0.2) is 12.7 Å². The first-order valence-electron chi connectivity index (χ1n) is 4.44. The number of hydrogen-bond donors (Lipinski definition) is 3. The maximum Gasteiger partial charge on any atom is 0.0861 e. The summed E-state index contributed by atoms with van der Waals surface area (Å²) < 4.78 is 0. The Morgan fingerprint density at radius 3 is 2.21 bits per heavy atom. The van der Waals surface area contributed by atoms with Crippen molar-refractivity contribution in [2.45, 2.75) is 12.2 Å². The van der Waals surface area contributed by atoms with E-state index in [2.05, 4.69) is 6.58 Å². The number of thioether (sulfide) groups is 2. The molecule has 2 unspecified atom stereocenters. The van der Waals surface area contributed by atoms with Crippen molar-refractivity contribution in [1.82, 2.24) is 0 Å². The predicted molar refractivity (Wildman–Crippen MR) is 63.9 cm³/mol. The molecule has 0 radical (unpaired) electrons. The molecule has 0 spiro atoms. The molecule has 14 heavy (non-hydrogen) atoms. The second-order valence-corrected chi connectivity index (χ2v) is 5.00. The fourth-order valence-electron chi connectivity index (χ4n) is 0.728. The number of hydrogen-bond acceptors (Lipinski definition) is 5. The van der Waals surface area contributed by atoms with Crippen LogP contribution < -0.4 is 0 Å². The molecule has 3 nitrogen and oxygen atoms in total. The van der Waals surface area contributed by atoms with Crippen LogP contribution in [0.1, 0.15) is 0 Å². The lowest BCUT2D eigenvalue weighted by Crippen LogP contribution is -2.19. The summed E-state index contributed by atoms with van der Waals surface area (Å²) in [5.41, 5.74) is 0. The van der Waals surface area contributed by atoms with Crippen LogP contribution in [0.3, 0.4) is 0 Å². The largest absolute Gasteiger partial charge is 0.394 e. The summed E-state index contributed by atoms with van der Waals surface area (Å²) in [5.74, 6) is 2.61. The van der Waals surface area contributed by atoms with E-state index in [1.165, 1.54) is 11.8 Å². The summed E-state index contributed by atoms with van der Waals surface area (Å²) in [4.78, 5) is 0. The van der Waals surface area contributed by atoms with Crippen LogP contribution in [0.25, 0.3) is 0 Å². The first-order chi connectivity index (χ1) is 6.70. The van der Waals surface area contributed by atoms with Gasteiger partial charge in [0.25, 0.3) is 0 Å². The third-order valence-electron chi connectivity index (χ3n) is 1.38. The van der Waals surface area contributed by atoms with Gasteiger partial charge in [0.15, 0.2) is 0 Å². The van der Waals surface area contributed by atoms with Gasteiger partial charge >= 0.3 is 0 Å². The lowest BCUT2D eigenvalue weighted by molar-refractivity contribution is 0.113. The molecule has 3 N–H and O–H groups in total. The van der Waals surface area contributed by atoms with Gasteiger partial charge < -0.3 is 15.3 Å². The third kappa shape index (κ3) is 8.90. The highest BCUT2D eigenvalue weighted by Gasteiger charge is 2.06. The van der Waals surface area contributed by atoms with E-state index in [-0.39, 0.29) is 12.7 Å². The lowest BCUT2D eigenvalue weighted by atomic mass is 10.4. The summed E-state index contributed by atoms with van der Waals surface area (Å²) in [6, 6.07) is 0. The molecule has 0 amide bonds. The van der Waals surface area contributed by atoms with Crippen LogP contribution in [0.5, 0.6) is 0 Å². The third-order valence-corrected chi connectivity index (χ3v) is 3.71. The van der Waals surface area contributed by atoms with Crippen molar-refractivity contribution in [3.05, 3.63) is 12.7 Å². The van der Waals surface area contributed by atoms with Crippen LogP contribution in [-0.4, -0.2) is 57.1 Å². The Labute approximate surface area is 93.6 Å². The molecule has 0 aliphatic carbocycles. The Kier molecular flexibility index (Phi) is 10.1. The van der Waals surface area contributed by atoms with Gasteiger partial charge in [0, 0.05) is 23.0 Å². The Morgan fingerprint density at radius 1 is 1.07 bits per heavy atom. The van der Waals surface area contributed by atoms with Crippen molar-refractivity contribution >= 4 is 23.5 Å². The van der Waals surface area contributed by atoms with Crippen LogP contribution in [0.2, 0.25) is 0 Å². The molecular weight excluding hydrogens is 220 g/mol. The zero-order valence-corrected chi connectivity index (χ0v) is 9.77. The van der Waals surface area contributed by atoms with E-state index < -0.39 is 6.10 Å². The summed E-state index contributed by atoms with van der Waals surface area (Å²) in [6.45, 7) is 3.37. The first kappa shape index (κ1) is 14.3. The second kappa shape index (κ2) is 9.86. The highest BCUT2D eigenvalue weighted by atomic mass is 32.2. The van der Waals surface area contributed by atoms with Crippen LogP contribution in [0, 0.1) is 0 Å². The average Bonchev–Trinajstić information content (AvgIpc) is 2.18. The van der Waals surface area contributed by atoms with Crippen molar-refractivity contribution in [3.8, 4) is 0 Å². The summed E-state index contributed by atoms with van der Waals surface area (Å²) in [7, 11) is 0. The SMILES string of the molecule is C=CCSCC(O)CSCC(O)CO. The van der Waals surface area contributed by atoms with E-state index in [4.69, 9.17) is 10.2 Å². The van der Waals surface area contributed by atoms with Gasteiger partial charge in [-0.05, 0) is 0 Å². The Morgan fingerprint density at radius 2 is 1.64 bits per heavy atom. The number of rotatable bonds is 9. The zero-order chi connectivity index (χ0) is 10.8. The molecule has 0 bridgehead atoms. The van der Waals surface area contributed by atoms with Crippen molar-refractivity contribution in [3.63, 3.8) is 0 Å². The maximum atomic E-state index is 9.44. The monoisotopic (exact) mass is 238 g/mol. The van der Waals surface area contributed by atoms with Crippen LogP contribution in [-0.2, 0) is 0 Å². The van der Waals surface area contributed by atoms with E-state index in [0.717, 1.165) is 5.75 Å². The van der Waals surface area contributed by atoms with Crippen molar-refractivity contribution in [1.29, 1.82) is 0 Å². The molecule has 0 fully saturated rings. The highest BCUT2D eigenvalue weighted by Crippen LogP contribution is 2.10. The van der Waals surface area contributed by atoms with Gasteiger partial charge in [-0.2, -0.15) is 23.5 Å². The summed E-state index contributed by atoms with van der Waals surface area (Å²) >= 11 is 3.09. The molecule has 0 saturated carbocycles. The molecule has 2 atom stereocenters. The topological polar surface area (TPSA) is 60.7 Å². The van der Waals surface area contributed by atoms with Crippen molar-refractivity contribution in [2.24, 2.45) is 0 Å². The predicted octanol–water partition coefficient (Wildman–Crippen LogP) is 0.353. The van der Waals surface area contributed by atoms with Crippen molar-refractivity contribution in [2.75, 3.05) is 29.6 Å². The van der Waals surface area contributed by atoms with E-state index >= 15 is 0 Å². The molecule has 0 aliphatic heterocycles. The molecule has 0 aliphatic rings. The van der Waals surface area contributed by atoms with Gasteiger partial charge in [-0.1, -0.05) is 6.08 Å². The number of aliphatic hydroxyl groups is 3. The average molecular weight is 238 g/mol. The smallest absolute Gasteiger partial charge is 0.0861 e. The van der Waals surface area contributed by atoms with Gasteiger partial charge in [-0.15, -0.1) is 6.58 Å². The van der Waals surface area contributed by atoms with Crippen molar-refractivity contribution < 1.29 is 15.3 Å². The fourth-order valence-corrected chi connectivity index (χ4v) is 2.47.